The Kier molecular flexibility index (Phi) is 3.34. The summed E-state index contributed by atoms with van der Waals surface area (Å²) < 4.78 is 13.3. The molecule has 17 heavy (non-hydrogen) atoms. The van der Waals surface area contributed by atoms with Crippen molar-refractivity contribution in [2.45, 2.75) is 0 Å². The van der Waals surface area contributed by atoms with Crippen LogP contribution < -0.4 is 5.56 Å². The van der Waals surface area contributed by atoms with E-state index in [2.05, 4.69) is 9.97 Å². The Morgan fingerprint density at radius 1 is 1.47 bits per heavy atom. The number of hydrogen-bond acceptors (Lipinski definition) is 3. The highest BCUT2D eigenvalue weighted by atomic mass is 127. The lowest BCUT2D eigenvalue weighted by molar-refractivity contribution is 0.447. The summed E-state index contributed by atoms with van der Waals surface area (Å²) in [6, 6.07) is 3.98. The molecule has 0 saturated carbocycles. The van der Waals surface area contributed by atoms with Gasteiger partial charge in [-0.15, -0.1) is 0 Å². The Balaban J connectivity index is 2.61. The van der Waals surface area contributed by atoms with E-state index in [1.807, 2.05) is 0 Å². The molecular weight excluding hydrogens is 361 g/mol. The second-order valence-electron chi connectivity index (χ2n) is 3.18. The number of aromatic hydroxyl groups is 1. The molecule has 1 aromatic heterocycles. The summed E-state index contributed by atoms with van der Waals surface area (Å²) in [4.78, 5) is 17.6. The molecule has 0 atom stereocenters. The molecule has 0 saturated heterocycles. The van der Waals surface area contributed by atoms with Gasteiger partial charge in [-0.05, 0) is 40.8 Å². The van der Waals surface area contributed by atoms with Gasteiger partial charge in [-0.3, -0.25) is 4.79 Å². The van der Waals surface area contributed by atoms with Crippen molar-refractivity contribution in [1.82, 2.24) is 9.97 Å². The summed E-state index contributed by atoms with van der Waals surface area (Å²) in [5, 5.41) is 9.39. The normalized spacial score (nSPS) is 10.5. The molecule has 0 radical (unpaired) electrons. The van der Waals surface area contributed by atoms with Gasteiger partial charge < -0.3 is 10.1 Å². The van der Waals surface area contributed by atoms with Gasteiger partial charge in [0.05, 0.1) is 5.02 Å². The molecule has 0 aliphatic heterocycles. The smallest absolute Gasteiger partial charge is 0.268 e. The lowest BCUT2D eigenvalue weighted by Gasteiger charge is -2.03. The van der Waals surface area contributed by atoms with Crippen LogP contribution in [-0.4, -0.2) is 15.1 Å². The molecule has 1 aromatic carbocycles. The fourth-order valence-electron chi connectivity index (χ4n) is 1.23. The molecule has 0 unspecified atom stereocenters. The first-order chi connectivity index (χ1) is 7.99. The molecule has 4 nitrogen and oxygen atoms in total. The third kappa shape index (κ3) is 2.42. The first kappa shape index (κ1) is 12.3. The lowest BCUT2D eigenvalue weighted by atomic mass is 10.2. The van der Waals surface area contributed by atoms with Crippen LogP contribution in [0.1, 0.15) is 0 Å². The summed E-state index contributed by atoms with van der Waals surface area (Å²) in [5.41, 5.74) is -0.154. The number of H-pyrrole nitrogens is 1. The summed E-state index contributed by atoms with van der Waals surface area (Å²) in [5.74, 6) is -0.923. The van der Waals surface area contributed by atoms with Gasteiger partial charge in [0.1, 0.15) is 15.2 Å². The van der Waals surface area contributed by atoms with Crippen molar-refractivity contribution < 1.29 is 9.50 Å². The minimum Gasteiger partial charge on any atom is -0.492 e. The van der Waals surface area contributed by atoms with Crippen LogP contribution in [0.25, 0.3) is 11.4 Å². The van der Waals surface area contributed by atoms with E-state index < -0.39 is 11.4 Å². The van der Waals surface area contributed by atoms with Crippen LogP contribution in [0, 0.1) is 9.39 Å². The standard InChI is InChI=1S/C10H5ClFIN2O2/c11-5-2-1-4(3-6(5)12)8-14-9(16)7(13)10(17)15-8/h1-3H,(H2,14,15,16,17). The van der Waals surface area contributed by atoms with E-state index in [0.717, 1.165) is 6.07 Å². The van der Waals surface area contributed by atoms with Gasteiger partial charge in [-0.25, -0.2) is 4.39 Å². The van der Waals surface area contributed by atoms with Crippen molar-refractivity contribution in [2.75, 3.05) is 0 Å². The third-order valence-electron chi connectivity index (χ3n) is 2.04. The van der Waals surface area contributed by atoms with E-state index >= 15 is 0 Å². The van der Waals surface area contributed by atoms with Gasteiger partial charge in [0.15, 0.2) is 0 Å². The molecule has 7 heteroatoms. The molecule has 2 rings (SSSR count). The molecular formula is C10H5ClFIN2O2. The monoisotopic (exact) mass is 366 g/mol. The topological polar surface area (TPSA) is 66.0 Å². The van der Waals surface area contributed by atoms with Crippen LogP contribution in [0.15, 0.2) is 23.0 Å². The fraction of sp³-hybridized carbons (Fsp3) is 0. The zero-order valence-electron chi connectivity index (χ0n) is 8.17. The van der Waals surface area contributed by atoms with Gasteiger partial charge in [0.2, 0.25) is 5.88 Å². The molecule has 0 amide bonds. The van der Waals surface area contributed by atoms with E-state index in [1.165, 1.54) is 12.1 Å². The van der Waals surface area contributed by atoms with Gasteiger partial charge in [-0.2, -0.15) is 4.98 Å². The highest BCUT2D eigenvalue weighted by Crippen LogP contribution is 2.22. The minimum absolute atomic E-state index is 0.0224. The molecule has 0 spiro atoms. The number of halogens is 3. The fourth-order valence-corrected chi connectivity index (χ4v) is 1.60. The zero-order chi connectivity index (χ0) is 12.6. The van der Waals surface area contributed by atoms with E-state index in [1.54, 1.807) is 22.6 Å². The summed E-state index contributed by atoms with van der Waals surface area (Å²) in [6.45, 7) is 0. The van der Waals surface area contributed by atoms with Crippen molar-refractivity contribution in [3.05, 3.63) is 43.0 Å². The van der Waals surface area contributed by atoms with Crippen molar-refractivity contribution >= 4 is 34.2 Å². The third-order valence-corrected chi connectivity index (χ3v) is 3.32. The van der Waals surface area contributed by atoms with E-state index in [4.69, 9.17) is 11.6 Å². The predicted molar refractivity (Wildman–Crippen MR) is 69.6 cm³/mol. The van der Waals surface area contributed by atoms with Crippen LogP contribution in [0.3, 0.4) is 0 Å². The van der Waals surface area contributed by atoms with Crippen molar-refractivity contribution in [3.8, 4) is 17.3 Å². The van der Waals surface area contributed by atoms with Crippen molar-refractivity contribution in [2.24, 2.45) is 0 Å². The SMILES string of the molecule is O=c1[nH]c(-c2ccc(Cl)c(F)c2)nc(O)c1I. The Morgan fingerprint density at radius 3 is 2.76 bits per heavy atom. The van der Waals surface area contributed by atoms with Gasteiger partial charge >= 0.3 is 0 Å². The maximum atomic E-state index is 13.2. The van der Waals surface area contributed by atoms with Crippen LogP contribution in [-0.2, 0) is 0 Å². The second kappa shape index (κ2) is 4.61. The van der Waals surface area contributed by atoms with E-state index in [0.29, 0.717) is 5.56 Å². The van der Waals surface area contributed by atoms with Crippen molar-refractivity contribution in [3.63, 3.8) is 0 Å². The minimum atomic E-state index is -0.621. The average Bonchev–Trinajstić information content (AvgIpc) is 2.29. The van der Waals surface area contributed by atoms with Crippen LogP contribution >= 0.6 is 34.2 Å². The second-order valence-corrected chi connectivity index (χ2v) is 4.67. The number of nitrogens with zero attached hydrogens (tertiary/aromatic N) is 1. The largest absolute Gasteiger partial charge is 0.492 e. The van der Waals surface area contributed by atoms with Crippen molar-refractivity contribution in [1.29, 1.82) is 0 Å². The number of aromatic nitrogens is 2. The van der Waals surface area contributed by atoms with E-state index in [9.17, 15) is 14.3 Å². The summed E-state index contributed by atoms with van der Waals surface area (Å²) in [7, 11) is 0. The zero-order valence-corrected chi connectivity index (χ0v) is 11.1. The Hall–Kier alpha value is -1.15. The number of nitrogens with one attached hydrogen (secondary N) is 1. The van der Waals surface area contributed by atoms with Gasteiger partial charge in [0.25, 0.3) is 5.56 Å². The maximum absolute atomic E-state index is 13.2. The Bertz CT molecular complexity index is 645. The molecule has 88 valence electrons. The molecule has 0 fully saturated rings. The summed E-state index contributed by atoms with van der Waals surface area (Å²) in [6.07, 6.45) is 0. The lowest BCUT2D eigenvalue weighted by Crippen LogP contribution is -2.12. The molecule has 1 heterocycles. The molecule has 0 aliphatic carbocycles. The number of hydrogen-bond donors (Lipinski definition) is 2. The van der Waals surface area contributed by atoms with Crippen LogP contribution in [0.5, 0.6) is 5.88 Å². The number of rotatable bonds is 1. The van der Waals surface area contributed by atoms with E-state index in [-0.39, 0.29) is 20.3 Å². The van der Waals surface area contributed by atoms with Crippen LogP contribution in [0.2, 0.25) is 5.02 Å². The van der Waals surface area contributed by atoms with Crippen LogP contribution in [0.4, 0.5) is 4.39 Å². The number of aromatic amines is 1. The number of benzene rings is 1. The first-order valence-electron chi connectivity index (χ1n) is 4.43. The first-order valence-corrected chi connectivity index (χ1v) is 5.89. The molecule has 0 aliphatic rings. The maximum Gasteiger partial charge on any atom is 0.268 e. The average molecular weight is 367 g/mol. The van der Waals surface area contributed by atoms with Gasteiger partial charge in [-0.1, -0.05) is 11.6 Å². The quantitative estimate of drug-likeness (QED) is 0.762. The molecule has 2 aromatic rings. The summed E-state index contributed by atoms with van der Waals surface area (Å²) >= 11 is 7.20. The highest BCUT2D eigenvalue weighted by molar-refractivity contribution is 14.1. The molecule has 0 bridgehead atoms. The molecule has 2 N–H and O–H groups in total. The predicted octanol–water partition coefficient (Wildman–Crippen LogP) is 2.54. The Labute approximate surface area is 114 Å². The van der Waals surface area contributed by atoms with Gasteiger partial charge in [0, 0.05) is 5.56 Å². The highest BCUT2D eigenvalue weighted by Gasteiger charge is 2.10. The Morgan fingerprint density at radius 2 is 2.18 bits per heavy atom.